The highest BCUT2D eigenvalue weighted by Crippen LogP contribution is 2.21. The summed E-state index contributed by atoms with van der Waals surface area (Å²) in [5.74, 6) is 0.938. The van der Waals surface area contributed by atoms with Gasteiger partial charge < -0.3 is 9.84 Å². The van der Waals surface area contributed by atoms with Gasteiger partial charge in [0.25, 0.3) is 0 Å². The Hall–Kier alpha value is -1.02. The van der Waals surface area contributed by atoms with Crippen molar-refractivity contribution < 1.29 is 9.84 Å². The molecule has 15 heavy (non-hydrogen) atoms. The molecule has 1 aromatic rings. The van der Waals surface area contributed by atoms with Crippen LogP contribution in [-0.4, -0.2) is 17.3 Å². The standard InChI is InChI=1S/C13H20O2/c1-10(2)15-13-7-5-4-6-12(13)9-8-11(3)14/h4-7,10-11,14H,8-9H2,1-3H3/t11-/m1/s1. The molecule has 0 aliphatic rings. The minimum Gasteiger partial charge on any atom is -0.491 e. The molecule has 0 amide bonds. The molecule has 1 aromatic carbocycles. The van der Waals surface area contributed by atoms with Gasteiger partial charge in [0, 0.05) is 0 Å². The van der Waals surface area contributed by atoms with Crippen molar-refractivity contribution in [1.29, 1.82) is 0 Å². The first-order chi connectivity index (χ1) is 7.09. The maximum absolute atomic E-state index is 9.25. The van der Waals surface area contributed by atoms with E-state index in [4.69, 9.17) is 4.74 Å². The summed E-state index contributed by atoms with van der Waals surface area (Å²) in [6.07, 6.45) is 1.58. The second-order valence-corrected chi connectivity index (χ2v) is 4.16. The molecule has 0 radical (unpaired) electrons. The summed E-state index contributed by atoms with van der Waals surface area (Å²) in [6, 6.07) is 8.02. The minimum absolute atomic E-state index is 0.192. The first-order valence-corrected chi connectivity index (χ1v) is 5.52. The van der Waals surface area contributed by atoms with Gasteiger partial charge in [-0.1, -0.05) is 18.2 Å². The normalized spacial score (nSPS) is 12.9. The molecule has 1 rings (SSSR count). The van der Waals surface area contributed by atoms with Crippen molar-refractivity contribution in [2.75, 3.05) is 0 Å². The molecule has 0 unspecified atom stereocenters. The van der Waals surface area contributed by atoms with E-state index in [1.54, 1.807) is 0 Å². The van der Waals surface area contributed by atoms with Crippen LogP contribution in [0.5, 0.6) is 5.75 Å². The molecule has 1 N–H and O–H groups in total. The zero-order chi connectivity index (χ0) is 11.3. The maximum atomic E-state index is 9.25. The van der Waals surface area contributed by atoms with Gasteiger partial charge in [-0.15, -0.1) is 0 Å². The number of benzene rings is 1. The summed E-state index contributed by atoms with van der Waals surface area (Å²) in [5, 5.41) is 9.25. The van der Waals surface area contributed by atoms with Crippen LogP contribution in [0.3, 0.4) is 0 Å². The molecular weight excluding hydrogens is 188 g/mol. The third-order valence-corrected chi connectivity index (χ3v) is 2.17. The van der Waals surface area contributed by atoms with Gasteiger partial charge in [-0.05, 0) is 45.2 Å². The lowest BCUT2D eigenvalue weighted by atomic mass is 10.1. The van der Waals surface area contributed by atoms with Gasteiger partial charge in [-0.25, -0.2) is 0 Å². The predicted octanol–water partition coefficient (Wildman–Crippen LogP) is 2.79. The van der Waals surface area contributed by atoms with Crippen molar-refractivity contribution in [3.05, 3.63) is 29.8 Å². The molecule has 0 saturated heterocycles. The lowest BCUT2D eigenvalue weighted by Crippen LogP contribution is -2.08. The Labute approximate surface area is 91.9 Å². The maximum Gasteiger partial charge on any atom is 0.122 e. The Morgan fingerprint density at radius 1 is 1.20 bits per heavy atom. The molecule has 0 heterocycles. The number of para-hydroxylation sites is 1. The fourth-order valence-corrected chi connectivity index (χ4v) is 1.44. The monoisotopic (exact) mass is 208 g/mol. The van der Waals surface area contributed by atoms with Crippen LogP contribution in [0.15, 0.2) is 24.3 Å². The number of ether oxygens (including phenoxy) is 1. The zero-order valence-corrected chi connectivity index (χ0v) is 9.73. The van der Waals surface area contributed by atoms with E-state index in [1.165, 1.54) is 5.56 Å². The zero-order valence-electron chi connectivity index (χ0n) is 9.73. The summed E-state index contributed by atoms with van der Waals surface area (Å²) in [5.41, 5.74) is 1.17. The molecule has 0 aliphatic carbocycles. The Balaban J connectivity index is 2.68. The molecule has 0 spiro atoms. The summed E-state index contributed by atoms with van der Waals surface area (Å²) < 4.78 is 5.70. The third kappa shape index (κ3) is 4.34. The van der Waals surface area contributed by atoms with Crippen molar-refractivity contribution in [2.45, 2.75) is 45.8 Å². The number of aliphatic hydroxyl groups is 1. The van der Waals surface area contributed by atoms with Crippen LogP contribution in [0, 0.1) is 0 Å². The van der Waals surface area contributed by atoms with E-state index in [9.17, 15) is 5.11 Å². The molecule has 0 aliphatic heterocycles. The van der Waals surface area contributed by atoms with E-state index < -0.39 is 0 Å². The Bertz CT molecular complexity index is 292. The second kappa shape index (κ2) is 5.76. The van der Waals surface area contributed by atoms with E-state index >= 15 is 0 Å². The molecular formula is C13H20O2. The Kier molecular flexibility index (Phi) is 4.63. The van der Waals surface area contributed by atoms with Gasteiger partial charge in [0.05, 0.1) is 12.2 Å². The summed E-state index contributed by atoms with van der Waals surface area (Å²) in [7, 11) is 0. The van der Waals surface area contributed by atoms with Crippen molar-refractivity contribution in [1.82, 2.24) is 0 Å². The fourth-order valence-electron chi connectivity index (χ4n) is 1.44. The highest BCUT2D eigenvalue weighted by molar-refractivity contribution is 5.33. The van der Waals surface area contributed by atoms with Gasteiger partial charge in [0.1, 0.15) is 5.75 Å². The lowest BCUT2D eigenvalue weighted by molar-refractivity contribution is 0.183. The van der Waals surface area contributed by atoms with E-state index in [0.29, 0.717) is 0 Å². The van der Waals surface area contributed by atoms with Crippen molar-refractivity contribution in [3.8, 4) is 5.75 Å². The third-order valence-electron chi connectivity index (χ3n) is 2.17. The molecule has 0 saturated carbocycles. The van der Waals surface area contributed by atoms with Crippen LogP contribution in [0.25, 0.3) is 0 Å². The molecule has 0 fully saturated rings. The van der Waals surface area contributed by atoms with E-state index in [1.807, 2.05) is 39.0 Å². The highest BCUT2D eigenvalue weighted by atomic mass is 16.5. The molecule has 1 atom stereocenters. The molecule has 0 aromatic heterocycles. The topological polar surface area (TPSA) is 29.5 Å². The lowest BCUT2D eigenvalue weighted by Gasteiger charge is -2.14. The molecule has 84 valence electrons. The second-order valence-electron chi connectivity index (χ2n) is 4.16. The summed E-state index contributed by atoms with van der Waals surface area (Å²) in [4.78, 5) is 0. The summed E-state index contributed by atoms with van der Waals surface area (Å²) in [6.45, 7) is 5.85. The Morgan fingerprint density at radius 3 is 2.47 bits per heavy atom. The van der Waals surface area contributed by atoms with Gasteiger partial charge in [0.15, 0.2) is 0 Å². The van der Waals surface area contributed by atoms with Crippen LogP contribution in [-0.2, 0) is 6.42 Å². The van der Waals surface area contributed by atoms with Crippen LogP contribution in [0.2, 0.25) is 0 Å². The van der Waals surface area contributed by atoms with Crippen molar-refractivity contribution in [3.63, 3.8) is 0 Å². The van der Waals surface area contributed by atoms with Gasteiger partial charge >= 0.3 is 0 Å². The Morgan fingerprint density at radius 2 is 1.87 bits per heavy atom. The quantitative estimate of drug-likeness (QED) is 0.806. The number of aliphatic hydroxyl groups excluding tert-OH is 1. The SMILES string of the molecule is CC(C)Oc1ccccc1CC[C@@H](C)O. The van der Waals surface area contributed by atoms with Crippen LogP contribution in [0.1, 0.15) is 32.8 Å². The smallest absolute Gasteiger partial charge is 0.122 e. The van der Waals surface area contributed by atoms with Gasteiger partial charge in [-0.3, -0.25) is 0 Å². The largest absolute Gasteiger partial charge is 0.491 e. The predicted molar refractivity (Wildman–Crippen MR) is 62.2 cm³/mol. The van der Waals surface area contributed by atoms with E-state index in [2.05, 4.69) is 6.07 Å². The van der Waals surface area contributed by atoms with E-state index in [-0.39, 0.29) is 12.2 Å². The van der Waals surface area contributed by atoms with Crippen molar-refractivity contribution >= 4 is 0 Å². The average molecular weight is 208 g/mol. The first-order valence-electron chi connectivity index (χ1n) is 5.52. The van der Waals surface area contributed by atoms with Crippen LogP contribution >= 0.6 is 0 Å². The number of aryl methyl sites for hydroxylation is 1. The number of hydrogen-bond donors (Lipinski definition) is 1. The van der Waals surface area contributed by atoms with Crippen LogP contribution < -0.4 is 4.74 Å². The van der Waals surface area contributed by atoms with E-state index in [0.717, 1.165) is 18.6 Å². The number of rotatable bonds is 5. The minimum atomic E-state index is -0.253. The van der Waals surface area contributed by atoms with Crippen molar-refractivity contribution in [2.24, 2.45) is 0 Å². The summed E-state index contributed by atoms with van der Waals surface area (Å²) >= 11 is 0. The number of hydrogen-bond acceptors (Lipinski definition) is 2. The van der Waals surface area contributed by atoms with Gasteiger partial charge in [0.2, 0.25) is 0 Å². The average Bonchev–Trinajstić information content (AvgIpc) is 2.15. The first kappa shape index (κ1) is 12.1. The van der Waals surface area contributed by atoms with Gasteiger partial charge in [-0.2, -0.15) is 0 Å². The van der Waals surface area contributed by atoms with Crippen LogP contribution in [0.4, 0.5) is 0 Å². The molecule has 0 bridgehead atoms. The molecule has 2 heteroatoms. The fraction of sp³-hybridized carbons (Fsp3) is 0.538. The highest BCUT2D eigenvalue weighted by Gasteiger charge is 2.05. The molecule has 2 nitrogen and oxygen atoms in total.